The highest BCUT2D eigenvalue weighted by Crippen LogP contribution is 2.00. The van der Waals surface area contributed by atoms with E-state index < -0.39 is 0 Å². The van der Waals surface area contributed by atoms with Gasteiger partial charge in [-0.05, 0) is 6.92 Å². The predicted molar refractivity (Wildman–Crippen MR) is 50.7 cm³/mol. The zero-order valence-electron chi connectivity index (χ0n) is 8.65. The summed E-state index contributed by atoms with van der Waals surface area (Å²) in [5.41, 5.74) is 0. The zero-order valence-corrected chi connectivity index (χ0v) is 8.65. The van der Waals surface area contributed by atoms with Crippen molar-refractivity contribution in [3.05, 3.63) is 0 Å². The van der Waals surface area contributed by atoms with Crippen LogP contribution in [0.1, 0.15) is 6.92 Å². The number of ether oxygens (including phenoxy) is 1. The first kappa shape index (κ1) is 11.0. The van der Waals surface area contributed by atoms with E-state index >= 15 is 0 Å². The van der Waals surface area contributed by atoms with Crippen molar-refractivity contribution in [1.29, 1.82) is 0 Å². The summed E-state index contributed by atoms with van der Waals surface area (Å²) in [5, 5.41) is 0. The molecule has 0 radical (unpaired) electrons. The molecule has 1 amide bonds. The fourth-order valence-corrected chi connectivity index (χ4v) is 1.33. The first-order valence-electron chi connectivity index (χ1n) is 4.75. The van der Waals surface area contributed by atoms with Crippen LogP contribution in [-0.4, -0.2) is 61.5 Å². The third-order valence-electron chi connectivity index (χ3n) is 2.19. The van der Waals surface area contributed by atoms with Crippen molar-refractivity contribution < 1.29 is 14.3 Å². The molecule has 1 rings (SSSR count). The van der Waals surface area contributed by atoms with Crippen LogP contribution in [0, 0.1) is 0 Å². The Kier molecular flexibility index (Phi) is 3.88. The van der Waals surface area contributed by atoms with Crippen LogP contribution >= 0.6 is 0 Å². The molecular formula is C9H16N2O3. The maximum atomic E-state index is 11.3. The summed E-state index contributed by atoms with van der Waals surface area (Å²) < 4.78 is 4.80. The normalized spacial score (nSPS) is 18.4. The van der Waals surface area contributed by atoms with Crippen LogP contribution in [0.25, 0.3) is 0 Å². The van der Waals surface area contributed by atoms with E-state index in [-0.39, 0.29) is 18.4 Å². The Morgan fingerprint density at radius 2 is 2.21 bits per heavy atom. The van der Waals surface area contributed by atoms with Gasteiger partial charge in [0.25, 0.3) is 0 Å². The molecule has 1 fully saturated rings. The molecule has 0 atom stereocenters. The van der Waals surface area contributed by atoms with E-state index in [9.17, 15) is 9.59 Å². The Morgan fingerprint density at radius 1 is 1.50 bits per heavy atom. The number of carbonyl (C=O) groups excluding carboxylic acids is 2. The number of esters is 1. The summed E-state index contributed by atoms with van der Waals surface area (Å²) in [7, 11) is 1.77. The van der Waals surface area contributed by atoms with Crippen molar-refractivity contribution >= 4 is 11.9 Å². The average Bonchev–Trinajstić information content (AvgIpc) is 2.12. The van der Waals surface area contributed by atoms with Crippen LogP contribution in [0.15, 0.2) is 0 Å². The molecule has 0 saturated carbocycles. The first-order chi connectivity index (χ1) is 6.63. The summed E-state index contributed by atoms with van der Waals surface area (Å²) >= 11 is 0. The molecule has 0 N–H and O–H groups in total. The van der Waals surface area contributed by atoms with Gasteiger partial charge >= 0.3 is 5.97 Å². The minimum absolute atomic E-state index is 0.0561. The molecule has 1 aliphatic heterocycles. The van der Waals surface area contributed by atoms with E-state index in [0.29, 0.717) is 19.7 Å². The van der Waals surface area contributed by atoms with E-state index in [1.807, 2.05) is 0 Å². The van der Waals surface area contributed by atoms with Crippen molar-refractivity contribution in [3.63, 3.8) is 0 Å². The minimum atomic E-state index is -0.259. The lowest BCUT2D eigenvalue weighted by molar-refractivity contribution is -0.146. The number of piperazine rings is 1. The second kappa shape index (κ2) is 4.95. The molecule has 0 aliphatic carbocycles. The molecule has 0 aromatic heterocycles. The molecule has 0 unspecified atom stereocenters. The number of hydrogen-bond donors (Lipinski definition) is 0. The molecule has 14 heavy (non-hydrogen) atoms. The van der Waals surface area contributed by atoms with Crippen molar-refractivity contribution in [2.75, 3.05) is 39.8 Å². The van der Waals surface area contributed by atoms with Gasteiger partial charge in [0.2, 0.25) is 5.91 Å². The van der Waals surface area contributed by atoms with Gasteiger partial charge < -0.3 is 9.64 Å². The van der Waals surface area contributed by atoms with Crippen molar-refractivity contribution in [2.45, 2.75) is 6.92 Å². The van der Waals surface area contributed by atoms with Crippen LogP contribution < -0.4 is 0 Å². The van der Waals surface area contributed by atoms with Crippen LogP contribution in [0.5, 0.6) is 0 Å². The first-order valence-corrected chi connectivity index (χ1v) is 4.75. The smallest absolute Gasteiger partial charge is 0.320 e. The van der Waals surface area contributed by atoms with Crippen molar-refractivity contribution in [3.8, 4) is 0 Å². The highest BCUT2D eigenvalue weighted by atomic mass is 16.5. The van der Waals surface area contributed by atoms with Gasteiger partial charge in [0.05, 0.1) is 19.7 Å². The monoisotopic (exact) mass is 200 g/mol. The highest BCUT2D eigenvalue weighted by Gasteiger charge is 2.22. The Bertz CT molecular complexity index is 230. The van der Waals surface area contributed by atoms with Gasteiger partial charge in [-0.25, -0.2) is 0 Å². The number of rotatable bonds is 3. The third-order valence-corrected chi connectivity index (χ3v) is 2.19. The molecule has 1 heterocycles. The Hall–Kier alpha value is -1.10. The van der Waals surface area contributed by atoms with E-state index in [0.717, 1.165) is 6.54 Å². The number of carbonyl (C=O) groups is 2. The molecule has 0 aromatic carbocycles. The summed E-state index contributed by atoms with van der Waals surface area (Å²) in [5.74, 6) is -0.203. The molecule has 80 valence electrons. The Balaban J connectivity index is 2.33. The number of likely N-dealkylation sites (N-methyl/N-ethyl adjacent to an activating group) is 1. The largest absolute Gasteiger partial charge is 0.465 e. The van der Waals surface area contributed by atoms with Gasteiger partial charge in [0, 0.05) is 20.1 Å². The molecule has 0 bridgehead atoms. The van der Waals surface area contributed by atoms with Gasteiger partial charge in [-0.2, -0.15) is 0 Å². The Labute approximate surface area is 83.6 Å². The maximum absolute atomic E-state index is 11.3. The lowest BCUT2D eigenvalue weighted by Gasteiger charge is -2.30. The van der Waals surface area contributed by atoms with Gasteiger partial charge in [0.15, 0.2) is 0 Å². The standard InChI is InChI=1S/C9H16N2O3/c1-3-14-9(13)7-11-5-4-10(2)8(12)6-11/h3-7H2,1-2H3. The van der Waals surface area contributed by atoms with Crippen molar-refractivity contribution in [2.24, 2.45) is 0 Å². The topological polar surface area (TPSA) is 49.9 Å². The SMILES string of the molecule is CCOC(=O)CN1CCN(C)C(=O)C1. The van der Waals surface area contributed by atoms with Crippen LogP contribution in [0.3, 0.4) is 0 Å². The number of hydrogen-bond acceptors (Lipinski definition) is 4. The maximum Gasteiger partial charge on any atom is 0.320 e. The van der Waals surface area contributed by atoms with Crippen LogP contribution in [0.2, 0.25) is 0 Å². The fraction of sp³-hybridized carbons (Fsp3) is 0.778. The summed E-state index contributed by atoms with van der Waals surface area (Å²) in [6.07, 6.45) is 0. The number of nitrogens with zero attached hydrogens (tertiary/aromatic N) is 2. The second-order valence-corrected chi connectivity index (χ2v) is 3.33. The molecule has 5 nitrogen and oxygen atoms in total. The third kappa shape index (κ3) is 2.99. The van der Waals surface area contributed by atoms with Gasteiger partial charge in [0.1, 0.15) is 0 Å². The van der Waals surface area contributed by atoms with Crippen LogP contribution in [-0.2, 0) is 14.3 Å². The Morgan fingerprint density at radius 3 is 2.79 bits per heavy atom. The van der Waals surface area contributed by atoms with E-state index in [1.54, 1.807) is 23.8 Å². The van der Waals surface area contributed by atoms with Gasteiger partial charge in [-0.1, -0.05) is 0 Å². The van der Waals surface area contributed by atoms with E-state index in [1.165, 1.54) is 0 Å². The lowest BCUT2D eigenvalue weighted by atomic mass is 10.3. The quantitative estimate of drug-likeness (QED) is 0.567. The van der Waals surface area contributed by atoms with Gasteiger partial charge in [-0.3, -0.25) is 14.5 Å². The summed E-state index contributed by atoms with van der Waals surface area (Å²) in [6.45, 7) is 4.11. The van der Waals surface area contributed by atoms with Crippen LogP contribution in [0.4, 0.5) is 0 Å². The minimum Gasteiger partial charge on any atom is -0.465 e. The molecule has 1 aliphatic rings. The summed E-state index contributed by atoms with van der Waals surface area (Å²) in [6, 6.07) is 0. The molecular weight excluding hydrogens is 184 g/mol. The zero-order chi connectivity index (χ0) is 10.6. The fourth-order valence-electron chi connectivity index (χ4n) is 1.33. The summed E-state index contributed by atoms with van der Waals surface area (Å²) in [4.78, 5) is 25.9. The van der Waals surface area contributed by atoms with E-state index in [4.69, 9.17) is 4.74 Å². The molecule has 0 spiro atoms. The predicted octanol–water partition coefficient (Wildman–Crippen LogP) is -0.676. The molecule has 5 heteroatoms. The van der Waals surface area contributed by atoms with E-state index in [2.05, 4.69) is 0 Å². The highest BCUT2D eigenvalue weighted by molar-refractivity contribution is 5.80. The molecule has 1 saturated heterocycles. The lowest BCUT2D eigenvalue weighted by Crippen LogP contribution is -2.50. The molecule has 0 aromatic rings. The number of amides is 1. The second-order valence-electron chi connectivity index (χ2n) is 3.33. The average molecular weight is 200 g/mol. The van der Waals surface area contributed by atoms with Gasteiger partial charge in [-0.15, -0.1) is 0 Å². The van der Waals surface area contributed by atoms with Crippen molar-refractivity contribution in [1.82, 2.24) is 9.80 Å².